The van der Waals surface area contributed by atoms with E-state index in [2.05, 4.69) is 0 Å². The van der Waals surface area contributed by atoms with Crippen molar-refractivity contribution >= 4 is 51.3 Å². The Hall–Kier alpha value is -1.08. The van der Waals surface area contributed by atoms with Crippen LogP contribution < -0.4 is 0 Å². The molecule has 0 atom stereocenters. The van der Waals surface area contributed by atoms with Gasteiger partial charge in [0.25, 0.3) is 0 Å². The summed E-state index contributed by atoms with van der Waals surface area (Å²) >= 11 is 0. The van der Waals surface area contributed by atoms with Crippen LogP contribution in [0.25, 0.3) is 45.9 Å². The Balaban J connectivity index is -0.0000000138. The normalized spacial score (nSPS) is 4.91. The van der Waals surface area contributed by atoms with Crippen LogP contribution in [0.15, 0.2) is 0 Å². The molecule has 0 aromatic heterocycles. The summed E-state index contributed by atoms with van der Waals surface area (Å²) in [6.45, 7) is -1.00. The van der Waals surface area contributed by atoms with E-state index >= 15 is 0 Å². The molecule has 0 aromatic rings. The number of hydrogen-bond acceptors (Lipinski definition) is 16. The Morgan fingerprint density at radius 2 is 0.273 bits per heavy atom. The Morgan fingerprint density at radius 3 is 0.273 bits per heavy atom. The summed E-state index contributed by atoms with van der Waals surface area (Å²) in [5.41, 5.74) is 44.2. The molecule has 24 nitrogen and oxygen atoms in total. The van der Waals surface area contributed by atoms with Gasteiger partial charge in [-0.3, -0.25) is 0 Å². The third-order valence-corrected chi connectivity index (χ3v) is 0.400. The zero-order valence-corrected chi connectivity index (χ0v) is 37.5. The largest absolute Gasteiger partial charge is 0.671 e. The van der Waals surface area contributed by atoms with Crippen molar-refractivity contribution in [3.63, 3.8) is 0 Å². The Kier molecular flexibility index (Phi) is 746. The molecular formula is C16H40Hf4N8O16-8. The summed E-state index contributed by atoms with van der Waals surface area (Å²) in [6, 6.07) is 0. The van der Waals surface area contributed by atoms with E-state index in [0.717, 1.165) is 0 Å². The van der Waals surface area contributed by atoms with Gasteiger partial charge in [0.15, 0.2) is 0 Å². The van der Waals surface area contributed by atoms with E-state index in [1.165, 1.54) is 0 Å². The molecule has 8 amide bonds. The minimum atomic E-state index is -0.125. The first-order valence-corrected chi connectivity index (χ1v) is 8.72. The van der Waals surface area contributed by atoms with Crippen LogP contribution in [0.5, 0.6) is 0 Å². The maximum Gasteiger partial charge on any atom is 0.0662 e. The quantitative estimate of drug-likeness (QED) is 0.106. The van der Waals surface area contributed by atoms with E-state index in [-0.39, 0.29) is 208 Å². The van der Waals surface area contributed by atoms with Crippen molar-refractivity contribution in [2.24, 2.45) is 0 Å². The van der Waals surface area contributed by atoms with Crippen LogP contribution in [0, 0.1) is 0 Å². The van der Waals surface area contributed by atoms with Gasteiger partial charge < -0.3 is 125 Å². The van der Waals surface area contributed by atoms with Crippen LogP contribution in [0.4, 0.5) is 0 Å². The fraction of sp³-hybridized carbons (Fsp3) is 0.500. The molecule has 0 bridgehead atoms. The standard InChI is InChI=1S/4C2H6O2.8CH3NO.4Hf/c4*3-1-2-4;8*2-1-3;;;;/h4*3-4H,1-2H2;8*1H,(H2,2,3);;;;/p-8. The van der Waals surface area contributed by atoms with Gasteiger partial charge in [-0.1, -0.05) is 0 Å². The van der Waals surface area contributed by atoms with E-state index in [1.54, 1.807) is 0 Å². The van der Waals surface area contributed by atoms with Crippen molar-refractivity contribution in [2.75, 3.05) is 52.9 Å². The van der Waals surface area contributed by atoms with Crippen LogP contribution >= 0.6 is 0 Å². The smallest absolute Gasteiger partial charge is 0.0662 e. The monoisotopic (exact) mass is 1320 g/mol. The zero-order valence-electron chi connectivity index (χ0n) is 23.1. The van der Waals surface area contributed by atoms with Crippen molar-refractivity contribution in [2.45, 2.75) is 0 Å². The Morgan fingerprint density at radius 1 is 0.250 bits per heavy atom. The molecule has 0 aromatic carbocycles. The summed E-state index contributed by atoms with van der Waals surface area (Å²) in [4.78, 5) is 67.8. The van der Waals surface area contributed by atoms with Crippen LogP contribution in [0.1, 0.15) is 0 Å². The third-order valence-electron chi connectivity index (χ3n) is 0.400. The topological polar surface area (TPSA) is 489 Å². The molecule has 0 saturated carbocycles. The molecule has 0 aliphatic rings. The Bertz CT molecular complexity index is 288. The average Bonchev–Trinajstić information content (AvgIpc) is 2.92. The van der Waals surface area contributed by atoms with Gasteiger partial charge in [0.2, 0.25) is 0 Å². The minimum Gasteiger partial charge on any atom is -0.671 e. The summed E-state index contributed by atoms with van der Waals surface area (Å²) in [6.07, 6.45) is 0. The van der Waals surface area contributed by atoms with Gasteiger partial charge in [-0.15, -0.1) is 0 Å². The van der Waals surface area contributed by atoms with Crippen molar-refractivity contribution in [3.8, 4) is 0 Å². The molecular weight excluding hydrogens is 1270 g/mol. The number of carbonyl (C=O) groups excluding carboxylic acids is 8. The first-order valence-electron chi connectivity index (χ1n) is 8.72. The van der Waals surface area contributed by atoms with Gasteiger partial charge in [-0.05, 0) is 0 Å². The van der Waals surface area contributed by atoms with Gasteiger partial charge in [0, 0.05) is 155 Å². The molecule has 44 heavy (non-hydrogen) atoms. The van der Waals surface area contributed by atoms with Gasteiger partial charge in [0.05, 0.1) is 52.9 Å². The summed E-state index contributed by atoms with van der Waals surface area (Å²) < 4.78 is 0. The van der Waals surface area contributed by atoms with E-state index in [9.17, 15) is 0 Å². The van der Waals surface area contributed by atoms with E-state index in [0.29, 0.717) is 0 Å². The second-order valence-corrected chi connectivity index (χ2v) is 2.73. The van der Waals surface area contributed by atoms with E-state index in [1.807, 2.05) is 0 Å². The molecule has 28 heteroatoms. The molecule has 0 aliphatic carbocycles. The number of nitrogens with one attached hydrogen (secondary N) is 8. The fourth-order valence-corrected chi connectivity index (χ4v) is 0. The number of aliphatic hydroxyl groups is 8. The summed E-state index contributed by atoms with van der Waals surface area (Å²) in [5, 5.41) is 61.0. The van der Waals surface area contributed by atoms with Gasteiger partial charge in [-0.2, -0.15) is 0 Å². The molecule has 0 spiro atoms. The van der Waals surface area contributed by atoms with Crippen LogP contribution in [-0.2, 0) is 142 Å². The molecule has 16 N–H and O–H groups in total. The Labute approximate surface area is 329 Å². The van der Waals surface area contributed by atoms with E-state index < -0.39 is 0 Å². The summed E-state index contributed by atoms with van der Waals surface area (Å²) in [7, 11) is 0. The average molecular weight is 1310 g/mol. The molecule has 0 unspecified atom stereocenters. The second-order valence-electron chi connectivity index (χ2n) is 2.73. The predicted octanol–water partition coefficient (Wildman–Crippen LogP) is -2.57. The number of aliphatic hydroxyl groups excluding tert-OH is 8. The van der Waals surface area contributed by atoms with Crippen LogP contribution in [0.2, 0.25) is 0 Å². The third kappa shape index (κ3) is 7650. The first kappa shape index (κ1) is 104. The molecule has 264 valence electrons. The molecule has 0 heterocycles. The van der Waals surface area contributed by atoms with Crippen molar-refractivity contribution in [3.05, 3.63) is 45.9 Å². The fourth-order valence-electron chi connectivity index (χ4n) is 0. The second kappa shape index (κ2) is 315. The maximum absolute atomic E-state index is 8.47. The SMILES string of the molecule is OCCO.OCCO.OCCO.OCCO.[Hf].[Hf].[Hf].[Hf].[NH-]C=O.[NH-]C=O.[NH-]C=O.[NH-]C=O.[NH-]C=O.[NH-]C=O.[NH-]C=O.[NH-]C=O. The molecule has 0 aliphatic heterocycles. The number of carbonyl (C=O) groups is 8. The van der Waals surface area contributed by atoms with E-state index in [4.69, 9.17) is 125 Å². The van der Waals surface area contributed by atoms with Crippen molar-refractivity contribution in [1.29, 1.82) is 0 Å². The van der Waals surface area contributed by atoms with Gasteiger partial charge in [-0.25, -0.2) is 0 Å². The van der Waals surface area contributed by atoms with Crippen molar-refractivity contribution in [1.82, 2.24) is 0 Å². The zero-order chi connectivity index (χ0) is 35.3. The van der Waals surface area contributed by atoms with Crippen LogP contribution in [0.3, 0.4) is 0 Å². The molecule has 0 fully saturated rings. The molecule has 0 radical (unpaired) electrons. The first-order chi connectivity index (χ1) is 19.0. The minimum absolute atomic E-state index is 0. The molecule has 0 saturated heterocycles. The number of amides is 8. The van der Waals surface area contributed by atoms with Gasteiger partial charge >= 0.3 is 0 Å². The predicted molar refractivity (Wildman–Crippen MR) is 140 cm³/mol. The van der Waals surface area contributed by atoms with Gasteiger partial charge in [0.1, 0.15) is 0 Å². The molecule has 0 rings (SSSR count). The number of hydrogen-bond donors (Lipinski definition) is 8. The number of rotatable bonds is 4. The maximum atomic E-state index is 8.47. The van der Waals surface area contributed by atoms with Crippen molar-refractivity contribution < 1.29 is 183 Å². The van der Waals surface area contributed by atoms with Crippen LogP contribution in [-0.4, -0.2) is 145 Å². The summed E-state index contributed by atoms with van der Waals surface area (Å²) in [5.74, 6) is 0.